The van der Waals surface area contributed by atoms with Gasteiger partial charge < -0.3 is 19.9 Å². The highest BCUT2D eigenvalue weighted by molar-refractivity contribution is 5.41. The molecule has 1 aromatic carbocycles. The van der Waals surface area contributed by atoms with Gasteiger partial charge in [-0.25, -0.2) is 0 Å². The molecule has 0 bridgehead atoms. The first-order valence-corrected chi connectivity index (χ1v) is 8.24. The maximum atomic E-state index is 9.77. The molecule has 0 saturated carbocycles. The molecule has 1 aliphatic heterocycles. The molecule has 2 atom stereocenters. The van der Waals surface area contributed by atoms with E-state index in [0.717, 1.165) is 36.1 Å². The Kier molecular flexibility index (Phi) is 7.19. The van der Waals surface area contributed by atoms with Crippen LogP contribution in [0.25, 0.3) is 0 Å². The fourth-order valence-electron chi connectivity index (χ4n) is 2.77. The Morgan fingerprint density at radius 3 is 2.96 bits per heavy atom. The number of nitrogens with zero attached hydrogens (tertiary/aromatic N) is 1. The van der Waals surface area contributed by atoms with Crippen LogP contribution in [0.2, 0.25) is 0 Å². The van der Waals surface area contributed by atoms with Gasteiger partial charge in [-0.05, 0) is 49.1 Å². The normalized spacial score (nSPS) is 17.0. The fraction of sp³-hybridized carbons (Fsp3) is 0.421. The molecule has 0 aliphatic carbocycles. The first kappa shape index (κ1) is 17.9. The summed E-state index contributed by atoms with van der Waals surface area (Å²) in [6.07, 6.45) is 11.4. The third-order valence-corrected chi connectivity index (χ3v) is 4.08. The molecule has 0 saturated heterocycles. The van der Waals surface area contributed by atoms with Gasteiger partial charge in [-0.1, -0.05) is 24.6 Å². The third kappa shape index (κ3) is 5.04. The Labute approximate surface area is 143 Å². The van der Waals surface area contributed by atoms with Gasteiger partial charge in [-0.2, -0.15) is 5.26 Å². The summed E-state index contributed by atoms with van der Waals surface area (Å²) in [5.41, 5.74) is 2.12. The van der Waals surface area contributed by atoms with Gasteiger partial charge in [-0.15, -0.1) is 0 Å². The minimum Gasteiger partial charge on any atom is -0.459 e. The topological polar surface area (TPSA) is 74.5 Å². The molecule has 0 unspecified atom stereocenters. The SMILES string of the molecule is Cc1c(O[C@@H]2C=CC=CO2)cccc1[C@H](CO)CCCCNC#N. The first-order valence-electron chi connectivity index (χ1n) is 8.24. The number of ether oxygens (including phenoxy) is 2. The second-order valence-corrected chi connectivity index (χ2v) is 5.72. The number of rotatable bonds is 9. The van der Waals surface area contributed by atoms with E-state index in [1.165, 1.54) is 0 Å². The van der Waals surface area contributed by atoms with Gasteiger partial charge in [0.15, 0.2) is 6.19 Å². The number of hydrogen-bond donors (Lipinski definition) is 2. The molecule has 0 fully saturated rings. The zero-order valence-corrected chi connectivity index (χ0v) is 13.9. The maximum absolute atomic E-state index is 9.77. The molecule has 2 N–H and O–H groups in total. The smallest absolute Gasteiger partial charge is 0.260 e. The Bertz CT molecular complexity index is 620. The van der Waals surface area contributed by atoms with Crippen LogP contribution < -0.4 is 10.1 Å². The van der Waals surface area contributed by atoms with Crippen LogP contribution in [0.1, 0.15) is 36.3 Å². The van der Waals surface area contributed by atoms with Crippen molar-refractivity contribution in [2.75, 3.05) is 13.2 Å². The lowest BCUT2D eigenvalue weighted by molar-refractivity contribution is 0.00729. The van der Waals surface area contributed by atoms with Crippen LogP contribution in [-0.4, -0.2) is 24.5 Å². The van der Waals surface area contributed by atoms with E-state index in [1.807, 2.05) is 49.5 Å². The number of unbranched alkanes of at least 4 members (excludes halogenated alkanes) is 1. The Balaban J connectivity index is 2.00. The summed E-state index contributed by atoms with van der Waals surface area (Å²) >= 11 is 0. The van der Waals surface area contributed by atoms with Gasteiger partial charge in [0, 0.05) is 19.1 Å². The number of nitriles is 1. The van der Waals surface area contributed by atoms with E-state index in [1.54, 1.807) is 6.26 Å². The zero-order chi connectivity index (χ0) is 17.2. The molecule has 0 radical (unpaired) electrons. The van der Waals surface area contributed by atoms with Crippen molar-refractivity contribution >= 4 is 0 Å². The van der Waals surface area contributed by atoms with E-state index < -0.39 is 6.29 Å². The third-order valence-electron chi connectivity index (χ3n) is 4.08. The number of aliphatic hydroxyl groups excluding tert-OH is 1. The highest BCUT2D eigenvalue weighted by atomic mass is 16.7. The molecule has 0 amide bonds. The number of nitrogens with one attached hydrogen (secondary N) is 1. The van der Waals surface area contributed by atoms with E-state index in [-0.39, 0.29) is 12.5 Å². The van der Waals surface area contributed by atoms with Crippen molar-refractivity contribution in [3.05, 3.63) is 53.8 Å². The van der Waals surface area contributed by atoms with Crippen LogP contribution in [0.15, 0.2) is 42.7 Å². The van der Waals surface area contributed by atoms with Gasteiger partial charge in [0.1, 0.15) is 5.75 Å². The molecule has 24 heavy (non-hydrogen) atoms. The molecule has 1 aliphatic rings. The van der Waals surface area contributed by atoms with Crippen molar-refractivity contribution in [3.63, 3.8) is 0 Å². The van der Waals surface area contributed by atoms with Crippen LogP contribution in [0.3, 0.4) is 0 Å². The molecule has 5 nitrogen and oxygen atoms in total. The van der Waals surface area contributed by atoms with Crippen molar-refractivity contribution in [2.24, 2.45) is 0 Å². The lowest BCUT2D eigenvalue weighted by Crippen LogP contribution is -2.18. The van der Waals surface area contributed by atoms with E-state index in [0.29, 0.717) is 6.54 Å². The lowest BCUT2D eigenvalue weighted by atomic mass is 9.90. The summed E-state index contributed by atoms with van der Waals surface area (Å²) < 4.78 is 11.3. The van der Waals surface area contributed by atoms with E-state index in [9.17, 15) is 5.11 Å². The van der Waals surface area contributed by atoms with Gasteiger partial charge in [0.2, 0.25) is 0 Å². The standard InChI is InChI=1S/C19H24N2O3/c1-15-17(16(13-22)7-2-4-11-21-14-20)8-6-9-18(15)24-19-10-3-5-12-23-19/h3,5-6,8-10,12,16,19,21-22H,2,4,7,11,13H2,1H3/t16-,19+/m0/s1. The van der Waals surface area contributed by atoms with E-state index in [2.05, 4.69) is 5.32 Å². The summed E-state index contributed by atoms with van der Waals surface area (Å²) in [6.45, 7) is 2.78. The molecule has 5 heteroatoms. The molecule has 0 aromatic heterocycles. The van der Waals surface area contributed by atoms with Gasteiger partial charge in [-0.3, -0.25) is 0 Å². The molecular formula is C19H24N2O3. The number of aliphatic hydroxyl groups is 1. The minimum absolute atomic E-state index is 0.0679. The minimum atomic E-state index is -0.423. The summed E-state index contributed by atoms with van der Waals surface area (Å²) in [7, 11) is 0. The Morgan fingerprint density at radius 2 is 2.25 bits per heavy atom. The largest absolute Gasteiger partial charge is 0.459 e. The summed E-state index contributed by atoms with van der Waals surface area (Å²) in [5.74, 6) is 0.834. The first-order chi connectivity index (χ1) is 11.8. The van der Waals surface area contributed by atoms with Crippen LogP contribution in [0.5, 0.6) is 5.75 Å². The summed E-state index contributed by atoms with van der Waals surface area (Å²) in [4.78, 5) is 0. The van der Waals surface area contributed by atoms with Crippen LogP contribution in [-0.2, 0) is 4.74 Å². The van der Waals surface area contributed by atoms with Crippen LogP contribution in [0.4, 0.5) is 0 Å². The highest BCUT2D eigenvalue weighted by Crippen LogP contribution is 2.31. The fourth-order valence-corrected chi connectivity index (χ4v) is 2.77. The Morgan fingerprint density at radius 1 is 1.38 bits per heavy atom. The summed E-state index contributed by atoms with van der Waals surface area (Å²) in [5, 5.41) is 20.9. The molecule has 1 aromatic rings. The molecule has 2 rings (SSSR count). The van der Waals surface area contributed by atoms with Crippen molar-refractivity contribution in [1.82, 2.24) is 5.32 Å². The highest BCUT2D eigenvalue weighted by Gasteiger charge is 2.17. The number of hydrogen-bond acceptors (Lipinski definition) is 5. The Hall–Kier alpha value is -2.45. The lowest BCUT2D eigenvalue weighted by Gasteiger charge is -2.22. The zero-order valence-electron chi connectivity index (χ0n) is 13.9. The average molecular weight is 328 g/mol. The van der Waals surface area contributed by atoms with Crippen molar-refractivity contribution in [2.45, 2.75) is 38.4 Å². The predicted molar refractivity (Wildman–Crippen MR) is 92.3 cm³/mol. The van der Waals surface area contributed by atoms with E-state index in [4.69, 9.17) is 14.7 Å². The van der Waals surface area contributed by atoms with Crippen LogP contribution in [0, 0.1) is 18.4 Å². The molecular weight excluding hydrogens is 304 g/mol. The van der Waals surface area contributed by atoms with Gasteiger partial charge in [0.25, 0.3) is 6.29 Å². The monoisotopic (exact) mass is 328 g/mol. The predicted octanol–water partition coefficient (Wildman–Crippen LogP) is 3.12. The second-order valence-electron chi connectivity index (χ2n) is 5.72. The van der Waals surface area contributed by atoms with Crippen molar-refractivity contribution in [1.29, 1.82) is 5.26 Å². The van der Waals surface area contributed by atoms with Crippen LogP contribution >= 0.6 is 0 Å². The van der Waals surface area contributed by atoms with E-state index >= 15 is 0 Å². The number of allylic oxidation sites excluding steroid dienone is 2. The number of benzene rings is 1. The van der Waals surface area contributed by atoms with Crippen molar-refractivity contribution in [3.8, 4) is 11.9 Å². The average Bonchev–Trinajstić information content (AvgIpc) is 2.61. The molecule has 128 valence electrons. The van der Waals surface area contributed by atoms with Crippen molar-refractivity contribution < 1.29 is 14.6 Å². The molecule has 0 spiro atoms. The maximum Gasteiger partial charge on any atom is 0.260 e. The van der Waals surface area contributed by atoms with Gasteiger partial charge >= 0.3 is 0 Å². The molecule has 1 heterocycles. The quantitative estimate of drug-likeness (QED) is 0.414. The van der Waals surface area contributed by atoms with Gasteiger partial charge in [0.05, 0.1) is 6.26 Å². The second kappa shape index (κ2) is 9.64. The summed E-state index contributed by atoms with van der Waals surface area (Å²) in [6, 6.07) is 5.90.